The Morgan fingerprint density at radius 1 is 1.06 bits per heavy atom. The quantitative estimate of drug-likeness (QED) is 0.677. The van der Waals surface area contributed by atoms with Crippen LogP contribution in [0.15, 0.2) is 36.4 Å². The molecule has 0 radical (unpaired) electrons. The molecule has 3 amide bonds. The molecule has 0 bridgehead atoms. The summed E-state index contributed by atoms with van der Waals surface area (Å²) in [5, 5.41) is 9.32. The first-order valence-electron chi connectivity index (χ1n) is 10.3. The van der Waals surface area contributed by atoms with Gasteiger partial charge in [-0.2, -0.15) is 0 Å². The van der Waals surface area contributed by atoms with Crippen molar-refractivity contribution < 1.29 is 24.2 Å². The van der Waals surface area contributed by atoms with Gasteiger partial charge in [0.2, 0.25) is 0 Å². The third-order valence-corrected chi connectivity index (χ3v) is 5.45. The van der Waals surface area contributed by atoms with Gasteiger partial charge in [0, 0.05) is 5.69 Å². The first kappa shape index (κ1) is 22.3. The van der Waals surface area contributed by atoms with Gasteiger partial charge in [0.25, 0.3) is 5.91 Å². The number of amides is 3. The van der Waals surface area contributed by atoms with Crippen LogP contribution in [0.25, 0.3) is 0 Å². The number of anilines is 1. The molecule has 7 heteroatoms. The number of imide groups is 1. The summed E-state index contributed by atoms with van der Waals surface area (Å²) in [5.41, 5.74) is 2.76. The Hall–Kier alpha value is -3.35. The van der Waals surface area contributed by atoms with Gasteiger partial charge in [-0.3, -0.25) is 14.6 Å². The standard InChI is InChI=1S/C24H28N2O5/c1-6-17-7-9-19(10-8-17)25-14-20(27)26(23(25)30)13-18-11-15(2)21(16(3)12-18)31-24(4,5)22(28)29/h7-12H,6,13-14H2,1-5H3,(H,28,29). The smallest absolute Gasteiger partial charge is 0.347 e. The molecule has 2 aromatic carbocycles. The van der Waals surface area contributed by atoms with Crippen LogP contribution >= 0.6 is 0 Å². The highest BCUT2D eigenvalue weighted by atomic mass is 16.5. The van der Waals surface area contributed by atoms with Crippen LogP contribution in [-0.2, 0) is 22.6 Å². The van der Waals surface area contributed by atoms with Gasteiger partial charge in [-0.1, -0.05) is 31.2 Å². The van der Waals surface area contributed by atoms with E-state index in [9.17, 15) is 19.5 Å². The lowest BCUT2D eigenvalue weighted by Gasteiger charge is -2.25. The van der Waals surface area contributed by atoms with E-state index in [2.05, 4.69) is 6.92 Å². The fourth-order valence-corrected chi connectivity index (χ4v) is 3.58. The zero-order valence-corrected chi connectivity index (χ0v) is 18.6. The average molecular weight is 424 g/mol. The Kier molecular flexibility index (Phi) is 6.06. The third-order valence-electron chi connectivity index (χ3n) is 5.45. The monoisotopic (exact) mass is 424 g/mol. The van der Waals surface area contributed by atoms with Crippen molar-refractivity contribution in [3.63, 3.8) is 0 Å². The van der Waals surface area contributed by atoms with Gasteiger partial charge < -0.3 is 9.84 Å². The lowest BCUT2D eigenvalue weighted by molar-refractivity contribution is -0.152. The Bertz CT molecular complexity index is 1000. The average Bonchev–Trinajstić information content (AvgIpc) is 2.99. The molecule has 1 N–H and O–H groups in total. The maximum Gasteiger partial charge on any atom is 0.347 e. The number of carbonyl (C=O) groups is 3. The number of carbonyl (C=O) groups excluding carboxylic acids is 2. The number of benzene rings is 2. The molecule has 1 fully saturated rings. The molecule has 1 saturated heterocycles. The topological polar surface area (TPSA) is 87.2 Å². The highest BCUT2D eigenvalue weighted by Crippen LogP contribution is 2.30. The van der Waals surface area contributed by atoms with Gasteiger partial charge >= 0.3 is 12.0 Å². The molecule has 0 aliphatic carbocycles. The second-order valence-electron chi connectivity index (χ2n) is 8.34. The number of hydrogen-bond donors (Lipinski definition) is 1. The largest absolute Gasteiger partial charge is 0.478 e. The summed E-state index contributed by atoms with van der Waals surface area (Å²) in [5.74, 6) is -0.823. The number of urea groups is 1. The van der Waals surface area contributed by atoms with Crippen LogP contribution in [0, 0.1) is 13.8 Å². The zero-order chi connectivity index (χ0) is 22.9. The molecule has 1 heterocycles. The number of aliphatic carboxylic acids is 1. The minimum Gasteiger partial charge on any atom is -0.478 e. The van der Waals surface area contributed by atoms with Gasteiger partial charge in [0.05, 0.1) is 6.54 Å². The maximum absolute atomic E-state index is 12.9. The predicted octanol–water partition coefficient (Wildman–Crippen LogP) is 4.08. The number of aryl methyl sites for hydroxylation is 3. The fourth-order valence-electron chi connectivity index (χ4n) is 3.58. The van der Waals surface area contributed by atoms with Crippen molar-refractivity contribution in [2.24, 2.45) is 0 Å². The van der Waals surface area contributed by atoms with E-state index < -0.39 is 11.6 Å². The van der Waals surface area contributed by atoms with Crippen molar-refractivity contribution in [1.82, 2.24) is 4.90 Å². The number of carboxylic acid groups (broad SMARTS) is 1. The van der Waals surface area contributed by atoms with E-state index in [1.807, 2.05) is 50.2 Å². The molecule has 2 aromatic rings. The second-order valence-corrected chi connectivity index (χ2v) is 8.34. The molecule has 31 heavy (non-hydrogen) atoms. The van der Waals surface area contributed by atoms with Crippen LogP contribution < -0.4 is 9.64 Å². The van der Waals surface area contributed by atoms with Crippen molar-refractivity contribution in [1.29, 1.82) is 0 Å². The minimum absolute atomic E-state index is 0.0102. The van der Waals surface area contributed by atoms with Crippen LogP contribution in [0.1, 0.15) is 43.0 Å². The molecule has 0 spiro atoms. The Morgan fingerprint density at radius 3 is 2.16 bits per heavy atom. The molecule has 7 nitrogen and oxygen atoms in total. The molecule has 0 unspecified atom stereocenters. The molecule has 1 aliphatic heterocycles. The fraction of sp³-hybridized carbons (Fsp3) is 0.375. The minimum atomic E-state index is -1.37. The van der Waals surface area contributed by atoms with Gasteiger partial charge in [-0.25, -0.2) is 9.59 Å². The van der Waals surface area contributed by atoms with Crippen LogP contribution in [0.2, 0.25) is 0 Å². The molecule has 0 saturated carbocycles. The van der Waals surface area contributed by atoms with Crippen molar-refractivity contribution in [2.45, 2.75) is 53.2 Å². The lowest BCUT2D eigenvalue weighted by Crippen LogP contribution is -2.38. The van der Waals surface area contributed by atoms with E-state index in [0.29, 0.717) is 11.4 Å². The summed E-state index contributed by atoms with van der Waals surface area (Å²) >= 11 is 0. The van der Waals surface area contributed by atoms with Gasteiger partial charge in [-0.05, 0) is 68.5 Å². The molecule has 0 atom stereocenters. The van der Waals surface area contributed by atoms with Crippen LogP contribution in [0.5, 0.6) is 5.75 Å². The van der Waals surface area contributed by atoms with Gasteiger partial charge in [0.15, 0.2) is 5.60 Å². The first-order valence-corrected chi connectivity index (χ1v) is 10.3. The summed E-state index contributed by atoms with van der Waals surface area (Å²) in [4.78, 5) is 39.6. The van der Waals surface area contributed by atoms with E-state index in [-0.39, 0.29) is 25.0 Å². The van der Waals surface area contributed by atoms with Crippen molar-refractivity contribution >= 4 is 23.6 Å². The summed E-state index contributed by atoms with van der Waals surface area (Å²) in [6.07, 6.45) is 0.904. The Labute approximate surface area is 182 Å². The van der Waals surface area contributed by atoms with Crippen molar-refractivity contribution in [3.8, 4) is 5.75 Å². The normalized spacial score (nSPS) is 14.4. The number of nitrogens with zero attached hydrogens (tertiary/aromatic N) is 2. The summed E-state index contributed by atoms with van der Waals surface area (Å²) in [6, 6.07) is 10.9. The van der Waals surface area contributed by atoms with Crippen LogP contribution in [0.4, 0.5) is 10.5 Å². The zero-order valence-electron chi connectivity index (χ0n) is 18.6. The van der Waals surface area contributed by atoms with Crippen molar-refractivity contribution in [2.75, 3.05) is 11.4 Å². The van der Waals surface area contributed by atoms with Gasteiger partial charge in [-0.15, -0.1) is 0 Å². The second kappa shape index (κ2) is 8.41. The SMILES string of the molecule is CCc1ccc(N2CC(=O)N(Cc3cc(C)c(OC(C)(C)C(=O)O)c(C)c3)C2=O)cc1. The van der Waals surface area contributed by atoms with E-state index >= 15 is 0 Å². The Balaban J connectivity index is 1.79. The lowest BCUT2D eigenvalue weighted by atomic mass is 10.0. The number of rotatable bonds is 7. The molecular weight excluding hydrogens is 396 g/mol. The molecule has 0 aromatic heterocycles. The third kappa shape index (κ3) is 4.55. The summed E-state index contributed by atoms with van der Waals surface area (Å²) in [6.45, 7) is 8.83. The van der Waals surface area contributed by atoms with E-state index in [4.69, 9.17) is 4.74 Å². The maximum atomic E-state index is 12.9. The van der Waals surface area contributed by atoms with E-state index in [1.165, 1.54) is 23.6 Å². The number of hydrogen-bond acceptors (Lipinski definition) is 4. The molecule has 3 rings (SSSR count). The number of ether oxygens (including phenoxy) is 1. The predicted molar refractivity (Wildman–Crippen MR) is 117 cm³/mol. The molecule has 164 valence electrons. The molecular formula is C24H28N2O5. The van der Waals surface area contributed by atoms with Crippen LogP contribution in [0.3, 0.4) is 0 Å². The highest BCUT2D eigenvalue weighted by molar-refractivity contribution is 6.12. The van der Waals surface area contributed by atoms with Gasteiger partial charge in [0.1, 0.15) is 12.3 Å². The van der Waals surface area contributed by atoms with E-state index in [0.717, 1.165) is 28.7 Å². The van der Waals surface area contributed by atoms with Crippen LogP contribution in [-0.4, -0.2) is 40.1 Å². The summed E-state index contributed by atoms with van der Waals surface area (Å²) < 4.78 is 5.73. The Morgan fingerprint density at radius 2 is 1.65 bits per heavy atom. The number of carboxylic acids is 1. The van der Waals surface area contributed by atoms with E-state index in [1.54, 1.807) is 0 Å². The summed E-state index contributed by atoms with van der Waals surface area (Å²) in [7, 11) is 0. The van der Waals surface area contributed by atoms with Crippen molar-refractivity contribution in [3.05, 3.63) is 58.7 Å². The first-order chi connectivity index (χ1) is 14.5. The molecule has 1 aliphatic rings. The highest BCUT2D eigenvalue weighted by Gasteiger charge is 2.37.